The molecule has 0 radical (unpaired) electrons. The van der Waals surface area contributed by atoms with Gasteiger partial charge in [0.1, 0.15) is 4.47 Å². The maximum absolute atomic E-state index is 12.1. The van der Waals surface area contributed by atoms with Crippen molar-refractivity contribution in [3.8, 4) is 12.3 Å². The molecule has 5 heteroatoms. The monoisotopic (exact) mass is 311 g/mol. The lowest BCUT2D eigenvalue weighted by Crippen LogP contribution is -2.32. The molecule has 0 aliphatic heterocycles. The van der Waals surface area contributed by atoms with Gasteiger partial charge in [-0.25, -0.2) is 4.68 Å². The van der Waals surface area contributed by atoms with E-state index in [0.717, 1.165) is 0 Å². The molecule has 18 heavy (non-hydrogen) atoms. The zero-order valence-corrected chi connectivity index (χ0v) is 12.7. The molecule has 0 aliphatic rings. The van der Waals surface area contributed by atoms with Gasteiger partial charge in [-0.3, -0.25) is 4.79 Å². The number of hydrogen-bond donors (Lipinski definition) is 1. The van der Waals surface area contributed by atoms with Crippen molar-refractivity contribution in [2.45, 2.75) is 39.8 Å². The van der Waals surface area contributed by atoms with Crippen molar-refractivity contribution in [1.29, 1.82) is 0 Å². The quantitative estimate of drug-likeness (QED) is 0.869. The summed E-state index contributed by atoms with van der Waals surface area (Å²) in [6.45, 7) is 8.39. The molecule has 0 fully saturated rings. The Morgan fingerprint density at radius 3 is 2.72 bits per heavy atom. The third-order valence-corrected chi connectivity index (χ3v) is 3.10. The van der Waals surface area contributed by atoms with E-state index in [-0.39, 0.29) is 5.56 Å². The number of aromatic nitrogens is 2. The second-order valence-electron chi connectivity index (χ2n) is 5.15. The Morgan fingerprint density at radius 1 is 1.61 bits per heavy atom. The standard InChI is InChI=1S/C13H18BrN3O/c1-6-13(4,5)16-10-7-15-17(8-9(2)3)12(18)11(10)14/h1,7,9,16H,8H2,2-5H3. The molecule has 0 aliphatic carbocycles. The molecule has 0 aromatic carbocycles. The molecule has 0 bridgehead atoms. The number of nitrogens with zero attached hydrogens (tertiary/aromatic N) is 2. The molecule has 98 valence electrons. The molecule has 1 N–H and O–H groups in total. The summed E-state index contributed by atoms with van der Waals surface area (Å²) in [6, 6.07) is 0. The van der Waals surface area contributed by atoms with Crippen LogP contribution in [0.2, 0.25) is 0 Å². The van der Waals surface area contributed by atoms with Gasteiger partial charge in [0.05, 0.1) is 17.4 Å². The highest BCUT2D eigenvalue weighted by Crippen LogP contribution is 2.20. The SMILES string of the molecule is C#CC(C)(C)Nc1cnn(CC(C)C)c(=O)c1Br. The van der Waals surface area contributed by atoms with Gasteiger partial charge in [-0.05, 0) is 35.7 Å². The van der Waals surface area contributed by atoms with Crippen LogP contribution in [0.1, 0.15) is 27.7 Å². The lowest BCUT2D eigenvalue weighted by atomic mass is 10.1. The first-order valence-electron chi connectivity index (χ1n) is 5.78. The topological polar surface area (TPSA) is 46.9 Å². The molecule has 1 aromatic heterocycles. The molecule has 0 amide bonds. The van der Waals surface area contributed by atoms with Crippen molar-refractivity contribution in [3.05, 3.63) is 21.0 Å². The molecule has 0 saturated heterocycles. The lowest BCUT2D eigenvalue weighted by Gasteiger charge is -2.22. The van der Waals surface area contributed by atoms with E-state index in [9.17, 15) is 4.79 Å². The Bertz CT molecular complexity index is 526. The van der Waals surface area contributed by atoms with Crippen molar-refractivity contribution in [1.82, 2.24) is 9.78 Å². The highest BCUT2D eigenvalue weighted by atomic mass is 79.9. The number of nitrogens with one attached hydrogen (secondary N) is 1. The van der Waals surface area contributed by atoms with Crippen LogP contribution in [-0.4, -0.2) is 15.3 Å². The second-order valence-corrected chi connectivity index (χ2v) is 5.94. The molecule has 0 saturated carbocycles. The molecule has 4 nitrogen and oxygen atoms in total. The maximum atomic E-state index is 12.1. The number of terminal acetylenes is 1. The van der Waals surface area contributed by atoms with Crippen molar-refractivity contribution < 1.29 is 0 Å². The summed E-state index contributed by atoms with van der Waals surface area (Å²) in [5.41, 5.74) is -0.0644. The molecule has 1 heterocycles. The van der Waals surface area contributed by atoms with Crippen LogP contribution in [0.4, 0.5) is 5.69 Å². The largest absolute Gasteiger partial charge is 0.367 e. The van der Waals surface area contributed by atoms with Crippen LogP contribution in [-0.2, 0) is 6.54 Å². The zero-order valence-electron chi connectivity index (χ0n) is 11.1. The summed E-state index contributed by atoms with van der Waals surface area (Å²) < 4.78 is 1.91. The summed E-state index contributed by atoms with van der Waals surface area (Å²) in [7, 11) is 0. The summed E-state index contributed by atoms with van der Waals surface area (Å²) in [4.78, 5) is 12.1. The fraction of sp³-hybridized carbons (Fsp3) is 0.538. The zero-order chi connectivity index (χ0) is 13.9. The van der Waals surface area contributed by atoms with Crippen molar-refractivity contribution in [3.63, 3.8) is 0 Å². The van der Waals surface area contributed by atoms with Crippen LogP contribution in [0.3, 0.4) is 0 Å². The Labute approximate surface area is 116 Å². The maximum Gasteiger partial charge on any atom is 0.283 e. The van der Waals surface area contributed by atoms with E-state index in [1.807, 2.05) is 27.7 Å². The van der Waals surface area contributed by atoms with E-state index in [0.29, 0.717) is 22.6 Å². The predicted octanol–water partition coefficient (Wildman–Crippen LogP) is 2.49. The van der Waals surface area contributed by atoms with Gasteiger partial charge in [0.15, 0.2) is 0 Å². The summed E-state index contributed by atoms with van der Waals surface area (Å²) in [5.74, 6) is 2.98. The van der Waals surface area contributed by atoms with E-state index in [2.05, 4.69) is 32.3 Å². The Balaban J connectivity index is 3.10. The Kier molecular flexibility index (Phi) is 4.58. The van der Waals surface area contributed by atoms with Gasteiger partial charge in [0.2, 0.25) is 0 Å². The van der Waals surface area contributed by atoms with Gasteiger partial charge in [0, 0.05) is 6.54 Å². The fourth-order valence-electron chi connectivity index (χ4n) is 1.40. The van der Waals surface area contributed by atoms with E-state index in [4.69, 9.17) is 6.42 Å². The van der Waals surface area contributed by atoms with Crippen LogP contribution >= 0.6 is 15.9 Å². The van der Waals surface area contributed by atoms with Gasteiger partial charge in [-0.15, -0.1) is 6.42 Å². The first kappa shape index (κ1) is 14.8. The molecular formula is C13H18BrN3O. The first-order valence-corrected chi connectivity index (χ1v) is 6.57. The van der Waals surface area contributed by atoms with Crippen molar-refractivity contribution in [2.75, 3.05) is 5.32 Å². The number of rotatable bonds is 4. The minimum atomic E-state index is -0.527. The third-order valence-electron chi connectivity index (χ3n) is 2.33. The average Bonchev–Trinajstić information content (AvgIpc) is 2.28. The first-order chi connectivity index (χ1) is 8.26. The van der Waals surface area contributed by atoms with Crippen LogP contribution in [0, 0.1) is 18.3 Å². The molecule has 0 unspecified atom stereocenters. The number of hydrogen-bond acceptors (Lipinski definition) is 3. The summed E-state index contributed by atoms with van der Waals surface area (Å²) >= 11 is 3.30. The second kappa shape index (κ2) is 5.57. The van der Waals surface area contributed by atoms with Gasteiger partial charge in [-0.1, -0.05) is 19.8 Å². The van der Waals surface area contributed by atoms with E-state index >= 15 is 0 Å². The van der Waals surface area contributed by atoms with Gasteiger partial charge in [0.25, 0.3) is 5.56 Å². The third kappa shape index (κ3) is 3.61. The highest BCUT2D eigenvalue weighted by molar-refractivity contribution is 9.10. The Morgan fingerprint density at radius 2 is 2.22 bits per heavy atom. The van der Waals surface area contributed by atoms with Crippen LogP contribution in [0.15, 0.2) is 15.5 Å². The van der Waals surface area contributed by atoms with Gasteiger partial charge in [-0.2, -0.15) is 5.10 Å². The number of anilines is 1. The van der Waals surface area contributed by atoms with E-state index < -0.39 is 5.54 Å². The van der Waals surface area contributed by atoms with Crippen LogP contribution < -0.4 is 10.9 Å². The molecular weight excluding hydrogens is 294 g/mol. The molecule has 0 atom stereocenters. The Hall–Kier alpha value is -1.28. The normalized spacial score (nSPS) is 11.4. The van der Waals surface area contributed by atoms with Crippen LogP contribution in [0.5, 0.6) is 0 Å². The highest BCUT2D eigenvalue weighted by Gasteiger charge is 2.17. The summed E-state index contributed by atoms with van der Waals surface area (Å²) in [6.07, 6.45) is 7.02. The average molecular weight is 312 g/mol. The lowest BCUT2D eigenvalue weighted by molar-refractivity contribution is 0.462. The van der Waals surface area contributed by atoms with Crippen molar-refractivity contribution in [2.24, 2.45) is 5.92 Å². The molecule has 0 spiro atoms. The smallest absolute Gasteiger partial charge is 0.283 e. The minimum Gasteiger partial charge on any atom is -0.367 e. The van der Waals surface area contributed by atoms with E-state index in [1.54, 1.807) is 6.20 Å². The minimum absolute atomic E-state index is 0.151. The molecule has 1 aromatic rings. The number of halogens is 1. The molecule has 1 rings (SSSR count). The van der Waals surface area contributed by atoms with Gasteiger partial charge >= 0.3 is 0 Å². The van der Waals surface area contributed by atoms with Crippen molar-refractivity contribution >= 4 is 21.6 Å². The van der Waals surface area contributed by atoms with E-state index in [1.165, 1.54) is 4.68 Å². The predicted molar refractivity (Wildman–Crippen MR) is 77.6 cm³/mol. The van der Waals surface area contributed by atoms with Gasteiger partial charge < -0.3 is 5.32 Å². The fourth-order valence-corrected chi connectivity index (χ4v) is 1.81. The summed E-state index contributed by atoms with van der Waals surface area (Å²) in [5, 5.41) is 7.24. The van der Waals surface area contributed by atoms with Crippen LogP contribution in [0.25, 0.3) is 0 Å².